The summed E-state index contributed by atoms with van der Waals surface area (Å²) in [6, 6.07) is 4.95. The number of nitrogens with two attached hydrogens (primary N) is 1. The fraction of sp³-hybridized carbons (Fsp3) is 0.500. The van der Waals surface area contributed by atoms with Gasteiger partial charge in [-0.3, -0.25) is 0 Å². The van der Waals surface area contributed by atoms with Crippen molar-refractivity contribution in [3.63, 3.8) is 0 Å². The lowest BCUT2D eigenvalue weighted by atomic mass is 10.2. The molecule has 100 valence electrons. The van der Waals surface area contributed by atoms with Crippen LogP contribution >= 0.6 is 0 Å². The molecule has 2 unspecified atom stereocenters. The highest BCUT2D eigenvalue weighted by Gasteiger charge is 2.37. The van der Waals surface area contributed by atoms with E-state index in [1.807, 2.05) is 6.92 Å². The summed E-state index contributed by atoms with van der Waals surface area (Å²) in [4.78, 5) is 0.168. The average molecular weight is 270 g/mol. The van der Waals surface area contributed by atoms with Crippen LogP contribution in [0.1, 0.15) is 18.9 Å². The Hall–Kier alpha value is -1.11. The van der Waals surface area contributed by atoms with E-state index in [0.717, 1.165) is 12.0 Å². The first-order valence-electron chi connectivity index (χ1n) is 5.87. The Labute approximate surface area is 107 Å². The molecule has 0 amide bonds. The van der Waals surface area contributed by atoms with Crippen molar-refractivity contribution in [3.8, 4) is 5.75 Å². The van der Waals surface area contributed by atoms with Gasteiger partial charge in [0.15, 0.2) is 0 Å². The monoisotopic (exact) mass is 270 g/mol. The molecule has 1 fully saturated rings. The molecule has 2 rings (SSSR count). The van der Waals surface area contributed by atoms with Crippen molar-refractivity contribution in [1.82, 2.24) is 4.72 Å². The van der Waals surface area contributed by atoms with Crippen LogP contribution < -0.4 is 15.2 Å². The molecule has 0 saturated heterocycles. The van der Waals surface area contributed by atoms with Gasteiger partial charge >= 0.3 is 0 Å². The second kappa shape index (κ2) is 4.87. The van der Waals surface area contributed by atoms with Gasteiger partial charge < -0.3 is 10.5 Å². The molecule has 0 spiro atoms. The van der Waals surface area contributed by atoms with E-state index < -0.39 is 10.0 Å². The Kier molecular flexibility index (Phi) is 3.61. The Morgan fingerprint density at radius 3 is 2.67 bits per heavy atom. The molecule has 2 atom stereocenters. The fourth-order valence-corrected chi connectivity index (χ4v) is 3.32. The summed E-state index contributed by atoms with van der Waals surface area (Å²) >= 11 is 0. The quantitative estimate of drug-likeness (QED) is 0.830. The number of ether oxygens (including phenoxy) is 1. The molecule has 1 aromatic rings. The second-order valence-electron chi connectivity index (χ2n) is 4.63. The third-order valence-electron chi connectivity index (χ3n) is 3.17. The van der Waals surface area contributed by atoms with Gasteiger partial charge in [0.25, 0.3) is 0 Å². The lowest BCUT2D eigenvalue weighted by Crippen LogP contribution is -2.27. The van der Waals surface area contributed by atoms with E-state index in [4.69, 9.17) is 10.5 Å². The van der Waals surface area contributed by atoms with E-state index in [1.165, 1.54) is 13.2 Å². The predicted molar refractivity (Wildman–Crippen MR) is 68.8 cm³/mol. The van der Waals surface area contributed by atoms with Crippen LogP contribution in [0.2, 0.25) is 0 Å². The number of sulfonamides is 1. The van der Waals surface area contributed by atoms with Crippen molar-refractivity contribution in [1.29, 1.82) is 0 Å². The summed E-state index contributed by atoms with van der Waals surface area (Å²) < 4.78 is 32.2. The van der Waals surface area contributed by atoms with Crippen molar-refractivity contribution in [3.05, 3.63) is 23.8 Å². The number of benzene rings is 1. The molecular weight excluding hydrogens is 252 g/mol. The first-order valence-corrected chi connectivity index (χ1v) is 7.35. The van der Waals surface area contributed by atoms with Gasteiger partial charge in [-0.05, 0) is 30.0 Å². The summed E-state index contributed by atoms with van der Waals surface area (Å²) in [5, 5.41) is 0. The number of methoxy groups -OCH3 is 1. The minimum absolute atomic E-state index is 0.0499. The van der Waals surface area contributed by atoms with E-state index in [-0.39, 0.29) is 10.9 Å². The van der Waals surface area contributed by atoms with Gasteiger partial charge in [0.1, 0.15) is 10.6 Å². The standard InChI is InChI=1S/C12H18N2O3S/c1-8-5-10(8)14-18(15,16)12-4-3-9(7-13)6-11(12)17-2/h3-4,6,8,10,14H,5,7,13H2,1-2H3. The molecule has 1 aliphatic carbocycles. The van der Waals surface area contributed by atoms with Crippen LogP contribution in [0.4, 0.5) is 0 Å². The van der Waals surface area contributed by atoms with Gasteiger partial charge in [0, 0.05) is 12.6 Å². The largest absolute Gasteiger partial charge is 0.495 e. The molecule has 1 aliphatic rings. The zero-order valence-electron chi connectivity index (χ0n) is 10.5. The topological polar surface area (TPSA) is 81.4 Å². The summed E-state index contributed by atoms with van der Waals surface area (Å²) in [5.74, 6) is 0.743. The zero-order valence-corrected chi connectivity index (χ0v) is 11.3. The molecule has 6 heteroatoms. The summed E-state index contributed by atoms with van der Waals surface area (Å²) in [7, 11) is -2.06. The van der Waals surface area contributed by atoms with Crippen LogP contribution in [-0.2, 0) is 16.6 Å². The van der Waals surface area contributed by atoms with Crippen LogP contribution in [0.15, 0.2) is 23.1 Å². The Morgan fingerprint density at radius 1 is 1.50 bits per heavy atom. The smallest absolute Gasteiger partial charge is 0.244 e. The molecular formula is C12H18N2O3S. The Morgan fingerprint density at radius 2 is 2.17 bits per heavy atom. The van der Waals surface area contributed by atoms with Gasteiger partial charge in [0.05, 0.1) is 7.11 Å². The first-order chi connectivity index (χ1) is 8.47. The minimum atomic E-state index is -3.51. The number of hydrogen-bond acceptors (Lipinski definition) is 4. The highest BCUT2D eigenvalue weighted by Crippen LogP contribution is 2.32. The highest BCUT2D eigenvalue weighted by atomic mass is 32.2. The molecule has 0 aromatic heterocycles. The van der Waals surface area contributed by atoms with Crippen LogP contribution in [0.3, 0.4) is 0 Å². The third kappa shape index (κ3) is 2.66. The highest BCUT2D eigenvalue weighted by molar-refractivity contribution is 7.89. The maximum Gasteiger partial charge on any atom is 0.244 e. The van der Waals surface area contributed by atoms with E-state index in [2.05, 4.69) is 4.72 Å². The normalized spacial score (nSPS) is 22.8. The maximum atomic E-state index is 12.2. The van der Waals surface area contributed by atoms with Crippen molar-refractivity contribution in [2.75, 3.05) is 7.11 Å². The molecule has 1 saturated carbocycles. The maximum absolute atomic E-state index is 12.2. The van der Waals surface area contributed by atoms with E-state index >= 15 is 0 Å². The third-order valence-corrected chi connectivity index (χ3v) is 4.70. The number of nitrogens with one attached hydrogen (secondary N) is 1. The van der Waals surface area contributed by atoms with Crippen molar-refractivity contribution < 1.29 is 13.2 Å². The van der Waals surface area contributed by atoms with Gasteiger partial charge in [0.2, 0.25) is 10.0 Å². The summed E-state index contributed by atoms with van der Waals surface area (Å²) in [6.45, 7) is 2.37. The molecule has 5 nitrogen and oxygen atoms in total. The van der Waals surface area contributed by atoms with Gasteiger partial charge in [-0.25, -0.2) is 13.1 Å². The first kappa shape index (κ1) is 13.3. The molecule has 18 heavy (non-hydrogen) atoms. The zero-order chi connectivity index (χ0) is 13.3. The van der Waals surface area contributed by atoms with E-state index in [9.17, 15) is 8.42 Å². The molecule has 1 aromatic carbocycles. The SMILES string of the molecule is COc1cc(CN)ccc1S(=O)(=O)NC1CC1C. The van der Waals surface area contributed by atoms with Gasteiger partial charge in [-0.2, -0.15) is 0 Å². The van der Waals surface area contributed by atoms with Crippen molar-refractivity contribution in [2.24, 2.45) is 11.7 Å². The minimum Gasteiger partial charge on any atom is -0.495 e. The van der Waals surface area contributed by atoms with Crippen LogP contribution in [0.25, 0.3) is 0 Å². The van der Waals surface area contributed by atoms with Crippen molar-refractivity contribution in [2.45, 2.75) is 30.8 Å². The van der Waals surface area contributed by atoms with Crippen LogP contribution in [0.5, 0.6) is 5.75 Å². The number of rotatable bonds is 5. The molecule has 3 N–H and O–H groups in total. The van der Waals surface area contributed by atoms with Crippen molar-refractivity contribution >= 4 is 10.0 Å². The lowest BCUT2D eigenvalue weighted by molar-refractivity contribution is 0.401. The van der Waals surface area contributed by atoms with Crippen LogP contribution in [0, 0.1) is 5.92 Å². The summed E-state index contributed by atoms with van der Waals surface area (Å²) in [5.41, 5.74) is 6.36. The Balaban J connectivity index is 2.31. The number of hydrogen-bond donors (Lipinski definition) is 2. The average Bonchev–Trinajstić information content (AvgIpc) is 3.02. The van der Waals surface area contributed by atoms with Crippen LogP contribution in [-0.4, -0.2) is 21.6 Å². The molecule has 0 bridgehead atoms. The summed E-state index contributed by atoms with van der Waals surface area (Å²) in [6.07, 6.45) is 0.891. The Bertz CT molecular complexity index is 542. The second-order valence-corrected chi connectivity index (χ2v) is 6.31. The predicted octanol–water partition coefficient (Wildman–Crippen LogP) is 0.841. The molecule has 0 aliphatic heterocycles. The lowest BCUT2D eigenvalue weighted by Gasteiger charge is -2.11. The van der Waals surface area contributed by atoms with E-state index in [1.54, 1.807) is 12.1 Å². The van der Waals surface area contributed by atoms with Gasteiger partial charge in [-0.1, -0.05) is 13.0 Å². The molecule has 0 heterocycles. The fourth-order valence-electron chi connectivity index (χ4n) is 1.81. The molecule has 0 radical (unpaired) electrons. The van der Waals surface area contributed by atoms with Gasteiger partial charge in [-0.15, -0.1) is 0 Å². The van der Waals surface area contributed by atoms with E-state index in [0.29, 0.717) is 18.2 Å².